The lowest BCUT2D eigenvalue weighted by Gasteiger charge is -2.52. The Morgan fingerprint density at radius 2 is 2.07 bits per heavy atom. The van der Waals surface area contributed by atoms with Gasteiger partial charge in [0.05, 0.1) is 5.60 Å². The molecular weight excluding hydrogens is 184 g/mol. The van der Waals surface area contributed by atoms with E-state index in [9.17, 15) is 5.11 Å². The molecule has 4 bridgehead atoms. The summed E-state index contributed by atoms with van der Waals surface area (Å²) in [5.74, 6) is 1.90. The Kier molecular flexibility index (Phi) is 1.90. The van der Waals surface area contributed by atoms with E-state index in [1.165, 1.54) is 19.3 Å². The molecule has 1 N–H and O–H groups in total. The number of rotatable bonds is 2. The molecule has 2 saturated carbocycles. The summed E-state index contributed by atoms with van der Waals surface area (Å²) in [6, 6.07) is 0. The fraction of sp³-hybridized carbons (Fsp3) is 0.857. The normalized spacial score (nSPS) is 56.3. The first kappa shape index (κ1) is 9.89. The summed E-state index contributed by atoms with van der Waals surface area (Å²) >= 11 is 0. The van der Waals surface area contributed by atoms with Crippen LogP contribution in [0.25, 0.3) is 0 Å². The Morgan fingerprint density at radius 3 is 2.73 bits per heavy atom. The summed E-state index contributed by atoms with van der Waals surface area (Å²) in [5, 5.41) is 11.1. The molecule has 84 valence electrons. The lowest BCUT2D eigenvalue weighted by Crippen LogP contribution is -2.55. The molecule has 0 spiro atoms. The van der Waals surface area contributed by atoms with Gasteiger partial charge in [0, 0.05) is 5.41 Å². The maximum absolute atomic E-state index is 11.1. The molecule has 5 atom stereocenters. The third-order valence-electron chi connectivity index (χ3n) is 5.89. The second kappa shape index (κ2) is 2.88. The lowest BCUT2D eigenvalue weighted by molar-refractivity contribution is -0.145. The quantitative estimate of drug-likeness (QED) is 0.688. The van der Waals surface area contributed by atoms with E-state index < -0.39 is 0 Å². The van der Waals surface area contributed by atoms with Crippen molar-refractivity contribution >= 4 is 0 Å². The molecule has 3 rings (SSSR count). The van der Waals surface area contributed by atoms with Gasteiger partial charge in [-0.2, -0.15) is 0 Å². The monoisotopic (exact) mass is 206 g/mol. The van der Waals surface area contributed by atoms with E-state index in [4.69, 9.17) is 0 Å². The van der Waals surface area contributed by atoms with E-state index in [0.29, 0.717) is 17.8 Å². The molecule has 0 aromatic heterocycles. The Morgan fingerprint density at radius 1 is 1.27 bits per heavy atom. The van der Waals surface area contributed by atoms with Crippen molar-refractivity contribution in [3.05, 3.63) is 12.2 Å². The van der Waals surface area contributed by atoms with Crippen LogP contribution in [0.1, 0.15) is 46.0 Å². The van der Waals surface area contributed by atoms with Gasteiger partial charge >= 0.3 is 0 Å². The van der Waals surface area contributed by atoms with Crippen LogP contribution in [0.5, 0.6) is 0 Å². The topological polar surface area (TPSA) is 20.2 Å². The van der Waals surface area contributed by atoms with Crippen LogP contribution < -0.4 is 0 Å². The van der Waals surface area contributed by atoms with E-state index >= 15 is 0 Å². The lowest BCUT2D eigenvalue weighted by atomic mass is 9.56. The average Bonchev–Trinajstić information content (AvgIpc) is 2.73. The molecule has 0 aliphatic heterocycles. The molecule has 0 aromatic rings. The van der Waals surface area contributed by atoms with Gasteiger partial charge in [0.15, 0.2) is 0 Å². The van der Waals surface area contributed by atoms with Crippen LogP contribution in [-0.4, -0.2) is 10.7 Å². The van der Waals surface area contributed by atoms with E-state index in [2.05, 4.69) is 26.0 Å². The zero-order valence-electron chi connectivity index (χ0n) is 9.87. The Bertz CT molecular complexity index is 308. The van der Waals surface area contributed by atoms with Crippen LogP contribution in [0.3, 0.4) is 0 Å². The van der Waals surface area contributed by atoms with Gasteiger partial charge in [-0.05, 0) is 49.9 Å². The van der Waals surface area contributed by atoms with Crippen LogP contribution in [-0.2, 0) is 0 Å². The summed E-state index contributed by atoms with van der Waals surface area (Å²) in [6.07, 6.45) is 10.7. The fourth-order valence-electron chi connectivity index (χ4n) is 5.11. The SMILES string of the molecule is CCC12CCC(C3C=CC1C3)[C@]2(O)CC. The van der Waals surface area contributed by atoms with Crippen molar-refractivity contribution in [2.24, 2.45) is 23.2 Å². The third-order valence-corrected chi connectivity index (χ3v) is 5.89. The standard InChI is InChI=1S/C14H22O/c1-3-13-8-7-12(14(13,15)4-2)10-5-6-11(13)9-10/h5-6,10-12,15H,3-4,7-9H2,1-2H3/t10?,11?,12?,13?,14-/m1/s1. The van der Waals surface area contributed by atoms with Gasteiger partial charge in [-0.15, -0.1) is 0 Å². The maximum Gasteiger partial charge on any atom is 0.0740 e. The molecule has 0 saturated heterocycles. The first-order chi connectivity index (χ1) is 7.18. The predicted octanol–water partition coefficient (Wildman–Crippen LogP) is 3.14. The van der Waals surface area contributed by atoms with Crippen molar-refractivity contribution in [1.29, 1.82) is 0 Å². The first-order valence-electron chi connectivity index (χ1n) is 6.58. The number of hydrogen-bond acceptors (Lipinski definition) is 1. The molecule has 1 nitrogen and oxygen atoms in total. The zero-order valence-corrected chi connectivity index (χ0v) is 9.87. The minimum absolute atomic E-state index is 0.218. The highest BCUT2D eigenvalue weighted by Crippen LogP contribution is 2.67. The van der Waals surface area contributed by atoms with Gasteiger partial charge in [0.2, 0.25) is 0 Å². The Hall–Kier alpha value is -0.300. The average molecular weight is 206 g/mol. The van der Waals surface area contributed by atoms with Gasteiger partial charge in [-0.3, -0.25) is 0 Å². The number of hydrogen-bond donors (Lipinski definition) is 1. The molecule has 3 aliphatic carbocycles. The van der Waals surface area contributed by atoms with E-state index in [1.807, 2.05) is 0 Å². The highest BCUT2D eigenvalue weighted by atomic mass is 16.3. The molecule has 4 unspecified atom stereocenters. The predicted molar refractivity (Wildman–Crippen MR) is 61.4 cm³/mol. The Labute approximate surface area is 92.6 Å². The van der Waals surface area contributed by atoms with Crippen LogP contribution >= 0.6 is 0 Å². The number of aliphatic hydroxyl groups is 1. The van der Waals surface area contributed by atoms with Crippen LogP contribution in [0.15, 0.2) is 12.2 Å². The first-order valence-corrected chi connectivity index (χ1v) is 6.58. The van der Waals surface area contributed by atoms with Crippen LogP contribution in [0, 0.1) is 23.2 Å². The number of fused-ring (bicyclic) bond motifs is 6. The van der Waals surface area contributed by atoms with E-state index in [0.717, 1.165) is 12.8 Å². The van der Waals surface area contributed by atoms with Crippen LogP contribution in [0.4, 0.5) is 0 Å². The van der Waals surface area contributed by atoms with Gasteiger partial charge in [0.1, 0.15) is 0 Å². The highest BCUT2D eigenvalue weighted by Gasteiger charge is 2.65. The second-order valence-corrected chi connectivity index (χ2v) is 5.82. The summed E-state index contributed by atoms with van der Waals surface area (Å²) in [4.78, 5) is 0. The molecule has 0 radical (unpaired) electrons. The summed E-state index contributed by atoms with van der Waals surface area (Å²) < 4.78 is 0. The van der Waals surface area contributed by atoms with Gasteiger partial charge < -0.3 is 5.11 Å². The largest absolute Gasteiger partial charge is 0.389 e. The molecule has 0 aromatic carbocycles. The Balaban J connectivity index is 2.12. The van der Waals surface area contributed by atoms with Crippen molar-refractivity contribution in [2.75, 3.05) is 0 Å². The third kappa shape index (κ3) is 0.898. The molecule has 0 amide bonds. The number of allylic oxidation sites excluding steroid dienone is 2. The van der Waals surface area contributed by atoms with Crippen molar-refractivity contribution < 1.29 is 5.11 Å². The molecular formula is C14H22O. The molecule has 2 fully saturated rings. The molecule has 3 aliphatic rings. The summed E-state index contributed by atoms with van der Waals surface area (Å²) in [6.45, 7) is 4.45. The van der Waals surface area contributed by atoms with Gasteiger partial charge in [-0.1, -0.05) is 26.0 Å². The van der Waals surface area contributed by atoms with Crippen molar-refractivity contribution in [3.63, 3.8) is 0 Å². The smallest absolute Gasteiger partial charge is 0.0740 e. The molecule has 1 heteroatoms. The van der Waals surface area contributed by atoms with E-state index in [-0.39, 0.29) is 11.0 Å². The zero-order chi connectivity index (χ0) is 10.7. The molecule has 0 heterocycles. The fourth-order valence-corrected chi connectivity index (χ4v) is 5.11. The van der Waals surface area contributed by atoms with Crippen molar-refractivity contribution in [2.45, 2.75) is 51.6 Å². The van der Waals surface area contributed by atoms with Gasteiger partial charge in [-0.25, -0.2) is 0 Å². The van der Waals surface area contributed by atoms with Crippen molar-refractivity contribution in [1.82, 2.24) is 0 Å². The van der Waals surface area contributed by atoms with Crippen molar-refractivity contribution in [3.8, 4) is 0 Å². The highest BCUT2D eigenvalue weighted by molar-refractivity contribution is 5.25. The second-order valence-electron chi connectivity index (χ2n) is 5.82. The minimum Gasteiger partial charge on any atom is -0.389 e. The summed E-state index contributed by atoms with van der Waals surface area (Å²) in [7, 11) is 0. The minimum atomic E-state index is -0.362. The maximum atomic E-state index is 11.1. The summed E-state index contributed by atoms with van der Waals surface area (Å²) in [5.41, 5.74) is -0.144. The van der Waals surface area contributed by atoms with Gasteiger partial charge in [0.25, 0.3) is 0 Å². The van der Waals surface area contributed by atoms with E-state index in [1.54, 1.807) is 0 Å². The molecule has 15 heavy (non-hydrogen) atoms. The van der Waals surface area contributed by atoms with Crippen LogP contribution in [0.2, 0.25) is 0 Å².